The number of hydrogen-bond acceptors (Lipinski definition) is 7. The normalized spacial score (nSPS) is 18.2. The average molecular weight is 473 g/mol. The van der Waals surface area contributed by atoms with Crippen LogP contribution in [0.1, 0.15) is 12.0 Å². The Balaban J connectivity index is 2.20. The highest BCUT2D eigenvalue weighted by atomic mass is 79.9. The van der Waals surface area contributed by atoms with E-state index in [-0.39, 0.29) is 19.3 Å². The summed E-state index contributed by atoms with van der Waals surface area (Å²) in [6, 6.07) is 3.31. The number of allylic oxidation sites excluding steroid dienone is 4. The Labute approximate surface area is 180 Å². The van der Waals surface area contributed by atoms with Gasteiger partial charge >= 0.3 is 0 Å². The number of phenols is 1. The summed E-state index contributed by atoms with van der Waals surface area (Å²) in [5, 5.41) is 11.5. The molecule has 162 valence electrons. The fourth-order valence-corrected chi connectivity index (χ4v) is 3.60. The summed E-state index contributed by atoms with van der Waals surface area (Å²) in [6.07, 6.45) is 8.80. The zero-order valence-electron chi connectivity index (χ0n) is 16.9. The molecule has 0 aromatic heterocycles. The van der Waals surface area contributed by atoms with E-state index in [2.05, 4.69) is 28.1 Å². The number of phenolic OH excluding ortho intramolecular Hbond substituents is 1. The van der Waals surface area contributed by atoms with Gasteiger partial charge in [-0.2, -0.15) is 0 Å². The number of halogens is 1. The third-order valence-corrected chi connectivity index (χ3v) is 5.41. The molecule has 0 radical (unpaired) electrons. The number of ether oxygens (including phenoxy) is 6. The van der Waals surface area contributed by atoms with E-state index in [1.54, 1.807) is 26.4 Å². The molecule has 1 unspecified atom stereocenters. The average Bonchev–Trinajstić information content (AvgIpc) is 2.73. The van der Waals surface area contributed by atoms with Crippen molar-refractivity contribution in [3.05, 3.63) is 42.0 Å². The Kier molecular flexibility index (Phi) is 10.5. The van der Waals surface area contributed by atoms with E-state index in [9.17, 15) is 5.11 Å². The van der Waals surface area contributed by atoms with Gasteiger partial charge in [0.15, 0.2) is 13.6 Å². The van der Waals surface area contributed by atoms with E-state index in [4.69, 9.17) is 28.4 Å². The van der Waals surface area contributed by atoms with Crippen LogP contribution in [0, 0.1) is 0 Å². The Bertz CT molecular complexity index is 677. The molecule has 1 aromatic carbocycles. The summed E-state index contributed by atoms with van der Waals surface area (Å²) < 4.78 is 32.2. The summed E-state index contributed by atoms with van der Waals surface area (Å²) in [4.78, 5) is 0. The standard InChI is InChI=1S/C21H29BrO7/c1-24-8-10-26-15-28-17-12-18(23)20(21(14-22)6-4-3-5-7-21)19(13-17)29-16-27-11-9-25-2/h3-6,12-13,23H,7-11,14-16H2,1-2H3. The molecule has 0 saturated heterocycles. The maximum atomic E-state index is 10.8. The van der Waals surface area contributed by atoms with Crippen molar-refractivity contribution < 1.29 is 33.5 Å². The fourth-order valence-electron chi connectivity index (χ4n) is 2.91. The summed E-state index contributed by atoms with van der Waals surface area (Å²) in [6.45, 7) is 1.85. The minimum Gasteiger partial charge on any atom is -0.507 e. The van der Waals surface area contributed by atoms with E-state index in [0.29, 0.717) is 48.8 Å². The van der Waals surface area contributed by atoms with Gasteiger partial charge < -0.3 is 33.5 Å². The number of methoxy groups -OCH3 is 2. The monoisotopic (exact) mass is 472 g/mol. The molecule has 0 amide bonds. The van der Waals surface area contributed by atoms with Crippen molar-refractivity contribution in [1.29, 1.82) is 0 Å². The molecule has 7 nitrogen and oxygen atoms in total. The molecule has 1 N–H and O–H groups in total. The molecule has 2 rings (SSSR count). The highest BCUT2D eigenvalue weighted by molar-refractivity contribution is 9.09. The molecule has 0 fully saturated rings. The maximum Gasteiger partial charge on any atom is 0.189 e. The predicted molar refractivity (Wildman–Crippen MR) is 113 cm³/mol. The van der Waals surface area contributed by atoms with E-state index in [1.807, 2.05) is 12.2 Å². The highest BCUT2D eigenvalue weighted by Crippen LogP contribution is 2.46. The second-order valence-corrected chi connectivity index (χ2v) is 6.98. The van der Waals surface area contributed by atoms with Gasteiger partial charge in [-0.15, -0.1) is 0 Å². The van der Waals surface area contributed by atoms with Crippen LogP contribution in [0.2, 0.25) is 0 Å². The molecule has 1 aliphatic carbocycles. The second-order valence-electron chi connectivity index (χ2n) is 6.42. The molecule has 1 atom stereocenters. The second kappa shape index (κ2) is 12.9. The molecule has 29 heavy (non-hydrogen) atoms. The maximum absolute atomic E-state index is 10.8. The lowest BCUT2D eigenvalue weighted by Crippen LogP contribution is -2.27. The zero-order valence-corrected chi connectivity index (χ0v) is 18.5. The third-order valence-electron chi connectivity index (χ3n) is 4.41. The molecule has 0 saturated carbocycles. The van der Waals surface area contributed by atoms with Crippen molar-refractivity contribution in [3.63, 3.8) is 0 Å². The van der Waals surface area contributed by atoms with Crippen LogP contribution >= 0.6 is 15.9 Å². The van der Waals surface area contributed by atoms with E-state index >= 15 is 0 Å². The van der Waals surface area contributed by atoms with E-state index in [1.165, 1.54) is 0 Å². The molecule has 1 aliphatic rings. The minimum absolute atomic E-state index is 0.0293. The number of benzene rings is 1. The first-order valence-corrected chi connectivity index (χ1v) is 10.5. The number of hydrogen-bond donors (Lipinski definition) is 1. The largest absolute Gasteiger partial charge is 0.507 e. The lowest BCUT2D eigenvalue weighted by Gasteiger charge is -2.32. The SMILES string of the molecule is COCCOCOc1cc(O)c(C2(CBr)C=CC=CC2)c(OCOCCOC)c1. The molecular formula is C21H29BrO7. The first-order valence-electron chi connectivity index (χ1n) is 9.33. The Morgan fingerprint density at radius 3 is 2.24 bits per heavy atom. The van der Waals surface area contributed by atoms with Crippen molar-refractivity contribution in [2.75, 3.05) is 59.6 Å². The van der Waals surface area contributed by atoms with Crippen LogP contribution < -0.4 is 9.47 Å². The quantitative estimate of drug-likeness (QED) is 0.252. The highest BCUT2D eigenvalue weighted by Gasteiger charge is 2.35. The lowest BCUT2D eigenvalue weighted by atomic mass is 9.76. The van der Waals surface area contributed by atoms with Gasteiger partial charge in [-0.1, -0.05) is 40.2 Å². The Morgan fingerprint density at radius 2 is 1.66 bits per heavy atom. The van der Waals surface area contributed by atoms with Crippen LogP contribution in [0.5, 0.6) is 17.2 Å². The number of aromatic hydroxyl groups is 1. The van der Waals surface area contributed by atoms with Gasteiger partial charge in [-0.05, 0) is 6.42 Å². The van der Waals surface area contributed by atoms with Crippen LogP contribution in [-0.4, -0.2) is 64.7 Å². The Hall–Kier alpha value is -1.58. The zero-order chi connectivity index (χ0) is 21.0. The van der Waals surface area contributed by atoms with Crippen LogP contribution in [-0.2, 0) is 24.4 Å². The summed E-state index contributed by atoms with van der Waals surface area (Å²) in [5.41, 5.74) is 0.242. The summed E-state index contributed by atoms with van der Waals surface area (Å²) >= 11 is 3.60. The van der Waals surface area contributed by atoms with E-state index in [0.717, 1.165) is 6.42 Å². The van der Waals surface area contributed by atoms with Crippen LogP contribution in [0.25, 0.3) is 0 Å². The summed E-state index contributed by atoms with van der Waals surface area (Å²) in [7, 11) is 3.21. The first-order chi connectivity index (χ1) is 14.2. The van der Waals surface area contributed by atoms with Crippen LogP contribution in [0.15, 0.2) is 36.4 Å². The Morgan fingerprint density at radius 1 is 0.966 bits per heavy atom. The molecule has 0 spiro atoms. The van der Waals surface area contributed by atoms with Gasteiger partial charge in [0.25, 0.3) is 0 Å². The topological polar surface area (TPSA) is 75.6 Å². The molecule has 8 heteroatoms. The lowest BCUT2D eigenvalue weighted by molar-refractivity contribution is -0.0122. The number of alkyl halides is 1. The van der Waals surface area contributed by atoms with Gasteiger partial charge in [0, 0.05) is 42.7 Å². The summed E-state index contributed by atoms with van der Waals surface area (Å²) in [5.74, 6) is 1.02. The van der Waals surface area contributed by atoms with Gasteiger partial charge in [-0.25, -0.2) is 0 Å². The molecule has 0 aliphatic heterocycles. The number of rotatable bonds is 14. The van der Waals surface area contributed by atoms with Crippen LogP contribution in [0.4, 0.5) is 0 Å². The van der Waals surface area contributed by atoms with Crippen molar-refractivity contribution in [2.45, 2.75) is 11.8 Å². The van der Waals surface area contributed by atoms with Crippen molar-refractivity contribution >= 4 is 15.9 Å². The smallest absolute Gasteiger partial charge is 0.189 e. The van der Waals surface area contributed by atoms with Gasteiger partial charge in [0.1, 0.15) is 17.2 Å². The molecule has 1 aromatic rings. The van der Waals surface area contributed by atoms with E-state index < -0.39 is 5.41 Å². The van der Waals surface area contributed by atoms with Gasteiger partial charge in [0.2, 0.25) is 0 Å². The molecular weight excluding hydrogens is 444 g/mol. The first kappa shape index (κ1) is 23.7. The predicted octanol–water partition coefficient (Wildman–Crippen LogP) is 3.54. The minimum atomic E-state index is -0.436. The van der Waals surface area contributed by atoms with Crippen LogP contribution in [0.3, 0.4) is 0 Å². The van der Waals surface area contributed by atoms with Gasteiger partial charge in [-0.3, -0.25) is 0 Å². The van der Waals surface area contributed by atoms with Crippen molar-refractivity contribution in [2.24, 2.45) is 0 Å². The van der Waals surface area contributed by atoms with Gasteiger partial charge in [0.05, 0.1) is 26.4 Å². The third kappa shape index (κ3) is 7.01. The van der Waals surface area contributed by atoms with Crippen molar-refractivity contribution in [3.8, 4) is 17.2 Å². The molecule has 0 heterocycles. The van der Waals surface area contributed by atoms with Crippen molar-refractivity contribution in [1.82, 2.24) is 0 Å². The molecule has 0 bridgehead atoms. The fraction of sp³-hybridized carbons (Fsp3) is 0.524.